The summed E-state index contributed by atoms with van der Waals surface area (Å²) in [6, 6.07) is 8.17. The molecular formula is C23H32N6OS. The van der Waals surface area contributed by atoms with Crippen LogP contribution in [0.3, 0.4) is 0 Å². The van der Waals surface area contributed by atoms with Gasteiger partial charge in [-0.25, -0.2) is 4.68 Å². The standard InChI is InChI=1S/C23H32N6OS/c1-15-9-10-17(11-16(15)2)28-14-24-26-21(28)31-13-20(30)25-19-12-18(22(3,4)5)27-29(19)23(6,7)8/h9-12,14H,13H2,1-8H3,(H,25,30). The Kier molecular flexibility index (Phi) is 6.32. The van der Waals surface area contributed by atoms with Gasteiger partial charge in [0.15, 0.2) is 5.16 Å². The highest BCUT2D eigenvalue weighted by molar-refractivity contribution is 7.99. The van der Waals surface area contributed by atoms with Gasteiger partial charge in [-0.3, -0.25) is 9.36 Å². The Morgan fingerprint density at radius 2 is 1.77 bits per heavy atom. The summed E-state index contributed by atoms with van der Waals surface area (Å²) in [6.45, 7) is 16.7. The molecule has 8 heteroatoms. The predicted molar refractivity (Wildman–Crippen MR) is 126 cm³/mol. The Bertz CT molecular complexity index is 1080. The number of rotatable bonds is 5. The van der Waals surface area contributed by atoms with Crippen LogP contribution in [-0.2, 0) is 15.7 Å². The van der Waals surface area contributed by atoms with Crippen molar-refractivity contribution in [1.82, 2.24) is 24.5 Å². The van der Waals surface area contributed by atoms with Gasteiger partial charge in [0, 0.05) is 17.2 Å². The van der Waals surface area contributed by atoms with E-state index in [4.69, 9.17) is 5.10 Å². The molecule has 0 aliphatic heterocycles. The molecule has 166 valence electrons. The molecular weight excluding hydrogens is 408 g/mol. The average Bonchev–Trinajstić information content (AvgIpc) is 3.28. The highest BCUT2D eigenvalue weighted by Crippen LogP contribution is 2.28. The zero-order valence-electron chi connectivity index (χ0n) is 19.6. The van der Waals surface area contributed by atoms with E-state index in [9.17, 15) is 4.79 Å². The predicted octanol–water partition coefficient (Wildman–Crippen LogP) is 4.86. The fraction of sp³-hybridized carbons (Fsp3) is 0.478. The van der Waals surface area contributed by atoms with E-state index < -0.39 is 0 Å². The van der Waals surface area contributed by atoms with Crippen LogP contribution in [0.4, 0.5) is 5.82 Å². The van der Waals surface area contributed by atoms with Gasteiger partial charge in [-0.2, -0.15) is 5.10 Å². The van der Waals surface area contributed by atoms with Gasteiger partial charge in [0.25, 0.3) is 0 Å². The quantitative estimate of drug-likeness (QED) is 0.573. The Morgan fingerprint density at radius 1 is 1.06 bits per heavy atom. The number of carbonyl (C=O) groups is 1. The summed E-state index contributed by atoms with van der Waals surface area (Å²) in [5.41, 5.74) is 4.01. The summed E-state index contributed by atoms with van der Waals surface area (Å²) in [6.07, 6.45) is 1.68. The van der Waals surface area contributed by atoms with Crippen molar-refractivity contribution in [3.63, 3.8) is 0 Å². The molecule has 2 heterocycles. The average molecular weight is 441 g/mol. The fourth-order valence-electron chi connectivity index (χ4n) is 3.03. The number of carbonyl (C=O) groups excluding carboxylic acids is 1. The first-order valence-electron chi connectivity index (χ1n) is 10.4. The number of amides is 1. The van der Waals surface area contributed by atoms with E-state index in [2.05, 4.69) is 83.0 Å². The SMILES string of the molecule is Cc1ccc(-n2cnnc2SCC(=O)Nc2cc(C(C)(C)C)nn2C(C)(C)C)cc1C. The van der Waals surface area contributed by atoms with Crippen LogP contribution in [0.25, 0.3) is 5.69 Å². The minimum Gasteiger partial charge on any atom is -0.310 e. The fourth-order valence-corrected chi connectivity index (χ4v) is 3.76. The van der Waals surface area contributed by atoms with Crippen LogP contribution in [0, 0.1) is 13.8 Å². The third-order valence-corrected chi connectivity index (χ3v) is 5.94. The molecule has 2 aromatic heterocycles. The van der Waals surface area contributed by atoms with Crippen molar-refractivity contribution in [1.29, 1.82) is 0 Å². The van der Waals surface area contributed by atoms with Crippen LogP contribution in [0.1, 0.15) is 58.4 Å². The molecule has 0 saturated heterocycles. The number of thioether (sulfide) groups is 1. The molecule has 3 aromatic rings. The largest absolute Gasteiger partial charge is 0.310 e. The summed E-state index contributed by atoms with van der Waals surface area (Å²) < 4.78 is 3.79. The summed E-state index contributed by atoms with van der Waals surface area (Å²) in [4.78, 5) is 12.8. The van der Waals surface area contributed by atoms with Crippen molar-refractivity contribution in [3.8, 4) is 5.69 Å². The van der Waals surface area contributed by atoms with Gasteiger partial charge in [-0.05, 0) is 57.9 Å². The van der Waals surface area contributed by atoms with Crippen molar-refractivity contribution in [2.45, 2.75) is 71.5 Å². The van der Waals surface area contributed by atoms with Gasteiger partial charge in [0.05, 0.1) is 17.0 Å². The molecule has 0 fully saturated rings. The van der Waals surface area contributed by atoms with Crippen molar-refractivity contribution in [2.75, 3.05) is 11.1 Å². The minimum absolute atomic E-state index is 0.104. The van der Waals surface area contributed by atoms with E-state index >= 15 is 0 Å². The van der Waals surface area contributed by atoms with Gasteiger partial charge in [0.1, 0.15) is 12.1 Å². The normalized spacial score (nSPS) is 12.3. The topological polar surface area (TPSA) is 77.6 Å². The number of hydrogen-bond acceptors (Lipinski definition) is 5. The zero-order chi connectivity index (χ0) is 23.0. The summed E-state index contributed by atoms with van der Waals surface area (Å²) >= 11 is 1.36. The molecule has 0 saturated carbocycles. The molecule has 1 aromatic carbocycles. The number of hydrogen-bond donors (Lipinski definition) is 1. The zero-order valence-corrected chi connectivity index (χ0v) is 20.5. The number of benzene rings is 1. The summed E-state index contributed by atoms with van der Waals surface area (Å²) in [5, 5.41) is 16.7. The first-order valence-corrected chi connectivity index (χ1v) is 11.4. The lowest BCUT2D eigenvalue weighted by Crippen LogP contribution is -2.27. The molecule has 1 amide bonds. The first kappa shape index (κ1) is 23.1. The van der Waals surface area contributed by atoms with Gasteiger partial charge in [0.2, 0.25) is 5.91 Å². The minimum atomic E-state index is -0.247. The molecule has 0 unspecified atom stereocenters. The maximum absolute atomic E-state index is 12.8. The molecule has 7 nitrogen and oxygen atoms in total. The van der Waals surface area contributed by atoms with Crippen LogP contribution in [0.5, 0.6) is 0 Å². The molecule has 31 heavy (non-hydrogen) atoms. The van der Waals surface area contributed by atoms with Crippen molar-refractivity contribution in [3.05, 3.63) is 47.4 Å². The maximum Gasteiger partial charge on any atom is 0.235 e. The third-order valence-electron chi connectivity index (χ3n) is 5.00. The molecule has 0 radical (unpaired) electrons. The number of nitrogens with zero attached hydrogens (tertiary/aromatic N) is 5. The van der Waals surface area contributed by atoms with Gasteiger partial charge in [-0.15, -0.1) is 10.2 Å². The Hall–Kier alpha value is -2.61. The van der Waals surface area contributed by atoms with Crippen LogP contribution < -0.4 is 5.32 Å². The van der Waals surface area contributed by atoms with Crippen molar-refractivity contribution < 1.29 is 4.79 Å². The Balaban J connectivity index is 1.74. The number of anilines is 1. The van der Waals surface area contributed by atoms with E-state index in [0.29, 0.717) is 11.0 Å². The molecule has 0 bridgehead atoms. The second kappa shape index (κ2) is 8.49. The van der Waals surface area contributed by atoms with E-state index in [1.165, 1.54) is 22.9 Å². The van der Waals surface area contributed by atoms with E-state index in [-0.39, 0.29) is 22.6 Å². The molecule has 0 atom stereocenters. The Morgan fingerprint density at radius 3 is 2.39 bits per heavy atom. The lowest BCUT2D eigenvalue weighted by molar-refractivity contribution is -0.113. The number of aryl methyl sites for hydroxylation is 2. The monoisotopic (exact) mass is 440 g/mol. The van der Waals surface area contributed by atoms with Crippen molar-refractivity contribution >= 4 is 23.5 Å². The lowest BCUT2D eigenvalue weighted by Gasteiger charge is -2.23. The summed E-state index contributed by atoms with van der Waals surface area (Å²) in [7, 11) is 0. The second-order valence-electron chi connectivity index (χ2n) is 9.84. The smallest absolute Gasteiger partial charge is 0.235 e. The van der Waals surface area contributed by atoms with Crippen LogP contribution >= 0.6 is 11.8 Å². The lowest BCUT2D eigenvalue weighted by atomic mass is 9.92. The van der Waals surface area contributed by atoms with E-state index in [1.54, 1.807) is 6.33 Å². The summed E-state index contributed by atoms with van der Waals surface area (Å²) in [5.74, 6) is 0.827. The molecule has 3 rings (SSSR count). The molecule has 0 spiro atoms. The number of aromatic nitrogens is 5. The van der Waals surface area contributed by atoms with Crippen LogP contribution in [-0.4, -0.2) is 36.2 Å². The highest BCUT2D eigenvalue weighted by atomic mass is 32.2. The highest BCUT2D eigenvalue weighted by Gasteiger charge is 2.26. The van der Waals surface area contributed by atoms with Gasteiger partial charge < -0.3 is 5.32 Å². The van der Waals surface area contributed by atoms with Crippen LogP contribution in [0.15, 0.2) is 35.7 Å². The number of nitrogens with one attached hydrogen (secondary N) is 1. The third kappa shape index (κ3) is 5.36. The molecule has 0 aliphatic carbocycles. The molecule has 0 aliphatic rings. The van der Waals surface area contributed by atoms with Gasteiger partial charge in [-0.1, -0.05) is 38.6 Å². The molecule has 1 N–H and O–H groups in total. The second-order valence-corrected chi connectivity index (χ2v) is 10.8. The van der Waals surface area contributed by atoms with E-state index in [0.717, 1.165) is 11.4 Å². The van der Waals surface area contributed by atoms with E-state index in [1.807, 2.05) is 21.4 Å². The Labute approximate surface area is 188 Å². The maximum atomic E-state index is 12.8. The van der Waals surface area contributed by atoms with Gasteiger partial charge >= 0.3 is 0 Å². The van der Waals surface area contributed by atoms with Crippen LogP contribution in [0.2, 0.25) is 0 Å². The first-order chi connectivity index (χ1) is 14.4. The van der Waals surface area contributed by atoms with Crippen molar-refractivity contribution in [2.24, 2.45) is 0 Å².